The Bertz CT molecular complexity index is 774. The normalized spacial score (nSPS) is 20.0. The molecule has 1 fully saturated rings. The Kier molecular flexibility index (Phi) is 5.32. The highest BCUT2D eigenvalue weighted by Crippen LogP contribution is 2.29. The highest BCUT2D eigenvalue weighted by molar-refractivity contribution is 5.61. The number of nitrogens with zero attached hydrogens (tertiary/aromatic N) is 4. The van der Waals surface area contributed by atoms with Gasteiger partial charge in [-0.15, -0.1) is 0 Å². The zero-order valence-electron chi connectivity index (χ0n) is 15.2. The Morgan fingerprint density at radius 1 is 1.23 bits per heavy atom. The minimum atomic E-state index is -0.434. The first kappa shape index (κ1) is 18.1. The molecule has 2 heterocycles. The van der Waals surface area contributed by atoms with Crippen LogP contribution in [-0.4, -0.2) is 40.2 Å². The summed E-state index contributed by atoms with van der Waals surface area (Å²) in [5, 5.41) is 14.6. The fourth-order valence-corrected chi connectivity index (χ4v) is 3.16. The lowest BCUT2D eigenvalue weighted by molar-refractivity contribution is -0.385. The van der Waals surface area contributed by atoms with E-state index in [2.05, 4.69) is 15.3 Å². The van der Waals surface area contributed by atoms with Crippen LogP contribution >= 0.6 is 0 Å². The minimum absolute atomic E-state index is 0.0542. The van der Waals surface area contributed by atoms with Gasteiger partial charge in [-0.05, 0) is 26.3 Å². The summed E-state index contributed by atoms with van der Waals surface area (Å²) >= 11 is 0. The van der Waals surface area contributed by atoms with E-state index in [4.69, 9.17) is 4.74 Å². The van der Waals surface area contributed by atoms with Crippen molar-refractivity contribution >= 4 is 17.5 Å². The number of hydrogen-bond acceptors (Lipinski definition) is 7. The summed E-state index contributed by atoms with van der Waals surface area (Å²) in [6, 6.07) is 9.70. The molecule has 138 valence electrons. The molecule has 1 N–H and O–H groups in total. The van der Waals surface area contributed by atoms with Gasteiger partial charge in [0.15, 0.2) is 0 Å². The zero-order chi connectivity index (χ0) is 18.7. The molecule has 0 spiro atoms. The smallest absolute Gasteiger partial charge is 0.332 e. The molecule has 1 aliphatic heterocycles. The third-order valence-corrected chi connectivity index (χ3v) is 4.23. The predicted molar refractivity (Wildman–Crippen MR) is 99.4 cm³/mol. The third-order valence-electron chi connectivity index (χ3n) is 4.23. The van der Waals surface area contributed by atoms with Gasteiger partial charge in [-0.2, -0.15) is 4.98 Å². The molecule has 1 aromatic carbocycles. The number of anilines is 2. The molecule has 8 heteroatoms. The summed E-state index contributed by atoms with van der Waals surface area (Å²) in [4.78, 5) is 21.9. The molecule has 1 aromatic heterocycles. The van der Waals surface area contributed by atoms with E-state index in [0.29, 0.717) is 31.3 Å². The number of benzene rings is 1. The van der Waals surface area contributed by atoms with Crippen molar-refractivity contribution in [1.82, 2.24) is 9.97 Å². The van der Waals surface area contributed by atoms with E-state index in [1.807, 2.05) is 49.1 Å². The zero-order valence-corrected chi connectivity index (χ0v) is 15.2. The van der Waals surface area contributed by atoms with Crippen molar-refractivity contribution in [3.05, 3.63) is 51.7 Å². The quantitative estimate of drug-likeness (QED) is 0.649. The van der Waals surface area contributed by atoms with E-state index in [1.54, 1.807) is 6.92 Å². The first-order chi connectivity index (χ1) is 12.4. The van der Waals surface area contributed by atoms with Crippen molar-refractivity contribution in [3.63, 3.8) is 0 Å². The summed E-state index contributed by atoms with van der Waals surface area (Å²) in [6.45, 7) is 7.39. The van der Waals surface area contributed by atoms with Gasteiger partial charge in [0.05, 0.1) is 17.1 Å². The fraction of sp³-hybridized carbons (Fsp3) is 0.444. The lowest BCUT2D eigenvalue weighted by Crippen LogP contribution is -2.46. The maximum Gasteiger partial charge on any atom is 0.332 e. The molecule has 2 atom stereocenters. The Labute approximate surface area is 152 Å². The summed E-state index contributed by atoms with van der Waals surface area (Å²) < 4.78 is 5.74. The number of rotatable bonds is 5. The van der Waals surface area contributed by atoms with Crippen LogP contribution in [0.5, 0.6) is 0 Å². The van der Waals surface area contributed by atoms with Crippen molar-refractivity contribution < 1.29 is 9.66 Å². The molecule has 8 nitrogen and oxygen atoms in total. The van der Waals surface area contributed by atoms with Gasteiger partial charge in [0, 0.05) is 19.6 Å². The molecule has 1 aliphatic rings. The van der Waals surface area contributed by atoms with E-state index in [9.17, 15) is 10.1 Å². The molecular formula is C18H23N5O3. The van der Waals surface area contributed by atoms with Crippen LogP contribution < -0.4 is 10.2 Å². The number of morpholine rings is 1. The Balaban J connectivity index is 1.90. The van der Waals surface area contributed by atoms with E-state index in [1.165, 1.54) is 0 Å². The third kappa shape index (κ3) is 4.08. The fourth-order valence-electron chi connectivity index (χ4n) is 3.16. The lowest BCUT2D eigenvalue weighted by Gasteiger charge is -2.35. The maximum atomic E-state index is 11.5. The van der Waals surface area contributed by atoms with Crippen LogP contribution in [-0.2, 0) is 11.3 Å². The maximum absolute atomic E-state index is 11.5. The highest BCUT2D eigenvalue weighted by atomic mass is 16.6. The molecule has 0 aliphatic carbocycles. The molecule has 2 unspecified atom stereocenters. The molecule has 0 radical (unpaired) electrons. The highest BCUT2D eigenvalue weighted by Gasteiger charge is 2.28. The van der Waals surface area contributed by atoms with E-state index >= 15 is 0 Å². The number of aryl methyl sites for hydroxylation is 1. The SMILES string of the molecule is Cc1nc(N2CC(C)OC(C)C2)nc(NCc2ccccc2)c1[N+](=O)[O-]. The van der Waals surface area contributed by atoms with Crippen LogP contribution in [0.4, 0.5) is 17.5 Å². The molecule has 2 aromatic rings. The van der Waals surface area contributed by atoms with Crippen LogP contribution in [0.3, 0.4) is 0 Å². The van der Waals surface area contributed by atoms with Gasteiger partial charge in [-0.3, -0.25) is 10.1 Å². The summed E-state index contributed by atoms with van der Waals surface area (Å²) in [6.07, 6.45) is 0.108. The van der Waals surface area contributed by atoms with Crippen LogP contribution in [0.2, 0.25) is 0 Å². The Morgan fingerprint density at radius 2 is 1.88 bits per heavy atom. The van der Waals surface area contributed by atoms with Crippen molar-refractivity contribution in [1.29, 1.82) is 0 Å². The number of hydrogen-bond donors (Lipinski definition) is 1. The van der Waals surface area contributed by atoms with Crippen molar-refractivity contribution in [2.45, 2.75) is 39.5 Å². The molecule has 26 heavy (non-hydrogen) atoms. The molecule has 3 rings (SSSR count). The van der Waals surface area contributed by atoms with Crippen molar-refractivity contribution in [2.75, 3.05) is 23.3 Å². The number of nitro groups is 1. The molecule has 1 saturated heterocycles. The first-order valence-electron chi connectivity index (χ1n) is 8.65. The van der Waals surface area contributed by atoms with Gasteiger partial charge < -0.3 is 15.0 Å². The number of nitrogens with one attached hydrogen (secondary N) is 1. The predicted octanol–water partition coefficient (Wildman–Crippen LogP) is 2.92. The molecule has 0 amide bonds. The Hall–Kier alpha value is -2.74. The molecule has 0 bridgehead atoms. The Morgan fingerprint density at radius 3 is 2.50 bits per heavy atom. The first-order valence-corrected chi connectivity index (χ1v) is 8.65. The number of aromatic nitrogens is 2. The second kappa shape index (κ2) is 7.65. The molecule has 0 saturated carbocycles. The van der Waals surface area contributed by atoms with Crippen LogP contribution in [0, 0.1) is 17.0 Å². The minimum Gasteiger partial charge on any atom is -0.372 e. The van der Waals surface area contributed by atoms with Gasteiger partial charge >= 0.3 is 5.69 Å². The second-order valence-corrected chi connectivity index (χ2v) is 6.56. The van der Waals surface area contributed by atoms with Gasteiger partial charge in [-0.25, -0.2) is 4.98 Å². The average Bonchev–Trinajstić information content (AvgIpc) is 2.59. The van der Waals surface area contributed by atoms with Crippen molar-refractivity contribution in [3.8, 4) is 0 Å². The molecular weight excluding hydrogens is 334 g/mol. The average molecular weight is 357 g/mol. The summed E-state index contributed by atoms with van der Waals surface area (Å²) in [5.41, 5.74) is 1.29. The van der Waals surface area contributed by atoms with E-state index < -0.39 is 4.92 Å². The van der Waals surface area contributed by atoms with E-state index in [-0.39, 0.29) is 23.7 Å². The lowest BCUT2D eigenvalue weighted by atomic mass is 10.2. The van der Waals surface area contributed by atoms with Gasteiger partial charge in [-0.1, -0.05) is 30.3 Å². The van der Waals surface area contributed by atoms with Crippen LogP contribution in [0.15, 0.2) is 30.3 Å². The van der Waals surface area contributed by atoms with Gasteiger partial charge in [0.2, 0.25) is 11.8 Å². The second-order valence-electron chi connectivity index (χ2n) is 6.56. The van der Waals surface area contributed by atoms with Gasteiger partial charge in [0.1, 0.15) is 5.69 Å². The largest absolute Gasteiger partial charge is 0.372 e. The van der Waals surface area contributed by atoms with Crippen molar-refractivity contribution in [2.24, 2.45) is 0 Å². The van der Waals surface area contributed by atoms with Crippen LogP contribution in [0.1, 0.15) is 25.1 Å². The van der Waals surface area contributed by atoms with Gasteiger partial charge in [0.25, 0.3) is 0 Å². The summed E-state index contributed by atoms with van der Waals surface area (Å²) in [5.74, 6) is 0.735. The summed E-state index contributed by atoms with van der Waals surface area (Å²) in [7, 11) is 0. The number of ether oxygens (including phenoxy) is 1. The monoisotopic (exact) mass is 357 g/mol. The topological polar surface area (TPSA) is 93.4 Å². The van der Waals surface area contributed by atoms with Crippen LogP contribution in [0.25, 0.3) is 0 Å². The van der Waals surface area contributed by atoms with E-state index in [0.717, 1.165) is 5.56 Å². The standard InChI is InChI=1S/C18H23N5O3/c1-12-10-22(11-13(2)26-12)18-20-14(3)16(23(24)25)17(21-18)19-9-15-7-5-4-6-8-15/h4-8,12-13H,9-11H2,1-3H3,(H,19,20,21).